The number of hydrogen-bond acceptors (Lipinski definition) is 2. The van der Waals surface area contributed by atoms with E-state index in [1.54, 1.807) is 0 Å². The van der Waals surface area contributed by atoms with Gasteiger partial charge in [0.25, 0.3) is 0 Å². The van der Waals surface area contributed by atoms with Crippen LogP contribution in [-0.4, -0.2) is 44.6 Å². The molecule has 0 aromatic heterocycles. The maximum Gasteiger partial charge on any atom is 0.192 e. The van der Waals surface area contributed by atoms with Crippen LogP contribution in [0.3, 0.4) is 0 Å². The number of benzene rings is 1. The average Bonchev–Trinajstić information content (AvgIpc) is 2.45. The minimum atomic E-state index is 0. The third-order valence-corrected chi connectivity index (χ3v) is 2.93. The number of rotatable bonds is 6. The molecule has 0 fully saturated rings. The maximum absolute atomic E-state index is 5.26. The van der Waals surface area contributed by atoms with Crippen LogP contribution in [0.4, 0.5) is 0 Å². The Labute approximate surface area is 145 Å². The van der Waals surface area contributed by atoms with Gasteiger partial charge in [-0.25, -0.2) is 0 Å². The van der Waals surface area contributed by atoms with Crippen LogP contribution in [0.15, 0.2) is 35.3 Å². The molecule has 5 heteroatoms. The van der Waals surface area contributed by atoms with Gasteiger partial charge in [-0.2, -0.15) is 0 Å². The van der Waals surface area contributed by atoms with Crippen molar-refractivity contribution in [2.45, 2.75) is 13.0 Å². The second-order valence-electron chi connectivity index (χ2n) is 4.67. The second kappa shape index (κ2) is 11.4. The molecule has 0 aliphatic rings. The van der Waals surface area contributed by atoms with E-state index in [2.05, 4.69) is 64.8 Å². The minimum absolute atomic E-state index is 0. The molecular weight excluding hydrogens is 375 g/mol. The van der Waals surface area contributed by atoms with Gasteiger partial charge in [0.15, 0.2) is 5.96 Å². The Hall–Kier alpha value is -1.26. The van der Waals surface area contributed by atoms with Gasteiger partial charge >= 0.3 is 0 Å². The maximum atomic E-state index is 5.26. The summed E-state index contributed by atoms with van der Waals surface area (Å²) >= 11 is 0. The number of aliphatic imine (C=N–C) groups is 1. The molecule has 4 nitrogen and oxygen atoms in total. The SMILES string of the molecule is C#CCNC(=NCC(c1ccccc1)N(C)C)NCC.I. The number of terminal acetylenes is 1. The second-order valence-corrected chi connectivity index (χ2v) is 4.67. The number of likely N-dealkylation sites (N-methyl/N-ethyl adjacent to an activating group) is 1. The van der Waals surface area contributed by atoms with Crippen LogP contribution in [0, 0.1) is 12.3 Å². The van der Waals surface area contributed by atoms with Gasteiger partial charge < -0.3 is 15.5 Å². The summed E-state index contributed by atoms with van der Waals surface area (Å²) in [5.41, 5.74) is 1.26. The Morgan fingerprint density at radius 3 is 2.48 bits per heavy atom. The lowest BCUT2D eigenvalue weighted by molar-refractivity contribution is 0.306. The van der Waals surface area contributed by atoms with E-state index in [-0.39, 0.29) is 30.0 Å². The molecule has 2 N–H and O–H groups in total. The van der Waals surface area contributed by atoms with E-state index in [1.165, 1.54) is 5.56 Å². The third-order valence-electron chi connectivity index (χ3n) is 2.93. The van der Waals surface area contributed by atoms with Crippen LogP contribution >= 0.6 is 24.0 Å². The molecule has 0 aliphatic carbocycles. The van der Waals surface area contributed by atoms with Gasteiger partial charge in [-0.3, -0.25) is 4.99 Å². The van der Waals surface area contributed by atoms with Gasteiger partial charge in [-0.05, 0) is 26.6 Å². The molecule has 1 unspecified atom stereocenters. The fourth-order valence-electron chi connectivity index (χ4n) is 1.90. The van der Waals surface area contributed by atoms with Gasteiger partial charge in [-0.15, -0.1) is 30.4 Å². The molecule has 1 atom stereocenters. The van der Waals surface area contributed by atoms with Crippen LogP contribution in [0.2, 0.25) is 0 Å². The zero-order valence-corrected chi connectivity index (χ0v) is 15.3. The molecular formula is C16H25IN4. The summed E-state index contributed by atoms with van der Waals surface area (Å²) in [6.45, 7) is 4.00. The molecule has 0 radical (unpaired) electrons. The lowest BCUT2D eigenvalue weighted by Gasteiger charge is -2.23. The molecule has 0 saturated heterocycles. The van der Waals surface area contributed by atoms with Crippen LogP contribution < -0.4 is 10.6 Å². The molecule has 0 aliphatic heterocycles. The highest BCUT2D eigenvalue weighted by Gasteiger charge is 2.13. The van der Waals surface area contributed by atoms with E-state index >= 15 is 0 Å². The topological polar surface area (TPSA) is 39.7 Å². The number of nitrogens with one attached hydrogen (secondary N) is 2. The predicted molar refractivity (Wildman–Crippen MR) is 101 cm³/mol. The van der Waals surface area contributed by atoms with Gasteiger partial charge in [0.2, 0.25) is 0 Å². The van der Waals surface area contributed by atoms with Crippen molar-refractivity contribution < 1.29 is 0 Å². The van der Waals surface area contributed by atoms with Crippen molar-refractivity contribution in [2.75, 3.05) is 33.7 Å². The van der Waals surface area contributed by atoms with Crippen LogP contribution in [-0.2, 0) is 0 Å². The summed E-state index contributed by atoms with van der Waals surface area (Å²) in [5, 5.41) is 6.29. The first-order valence-corrected chi connectivity index (χ1v) is 6.86. The average molecular weight is 400 g/mol. The molecule has 1 aromatic carbocycles. The van der Waals surface area contributed by atoms with Gasteiger partial charge in [0.1, 0.15) is 0 Å². The van der Waals surface area contributed by atoms with Crippen molar-refractivity contribution in [2.24, 2.45) is 4.99 Å². The zero-order chi connectivity index (χ0) is 14.8. The van der Waals surface area contributed by atoms with E-state index < -0.39 is 0 Å². The van der Waals surface area contributed by atoms with Crippen molar-refractivity contribution in [3.63, 3.8) is 0 Å². The first-order chi connectivity index (χ1) is 9.69. The van der Waals surface area contributed by atoms with E-state index in [0.717, 1.165) is 12.5 Å². The molecule has 0 spiro atoms. The van der Waals surface area contributed by atoms with Crippen molar-refractivity contribution in [3.8, 4) is 12.3 Å². The molecule has 1 aromatic rings. The zero-order valence-electron chi connectivity index (χ0n) is 13.0. The van der Waals surface area contributed by atoms with Crippen LogP contribution in [0.25, 0.3) is 0 Å². The Morgan fingerprint density at radius 1 is 1.29 bits per heavy atom. The molecule has 0 saturated carbocycles. The quantitative estimate of drug-likeness (QED) is 0.333. The van der Waals surface area contributed by atoms with Gasteiger partial charge in [0.05, 0.1) is 19.1 Å². The molecule has 0 bridgehead atoms. The third kappa shape index (κ3) is 7.34. The summed E-state index contributed by atoms with van der Waals surface area (Å²) in [7, 11) is 4.13. The Kier molecular flexibility index (Phi) is 10.7. The number of hydrogen-bond donors (Lipinski definition) is 2. The normalized spacial score (nSPS) is 12.2. The summed E-state index contributed by atoms with van der Waals surface area (Å²) in [4.78, 5) is 6.78. The van der Waals surface area contributed by atoms with Gasteiger partial charge in [-0.1, -0.05) is 36.3 Å². The van der Waals surface area contributed by atoms with E-state index in [4.69, 9.17) is 6.42 Å². The molecule has 1 rings (SSSR count). The highest BCUT2D eigenvalue weighted by atomic mass is 127. The number of halogens is 1. The smallest absolute Gasteiger partial charge is 0.192 e. The Bertz CT molecular complexity index is 451. The fraction of sp³-hybridized carbons (Fsp3) is 0.438. The lowest BCUT2D eigenvalue weighted by atomic mass is 10.1. The first-order valence-electron chi connectivity index (χ1n) is 6.86. The lowest BCUT2D eigenvalue weighted by Crippen LogP contribution is -2.38. The first kappa shape index (κ1) is 19.7. The van der Waals surface area contributed by atoms with Crippen molar-refractivity contribution in [3.05, 3.63) is 35.9 Å². The highest BCUT2D eigenvalue weighted by molar-refractivity contribution is 14.0. The van der Waals surface area contributed by atoms with Crippen molar-refractivity contribution >= 4 is 29.9 Å². The van der Waals surface area contributed by atoms with E-state index in [9.17, 15) is 0 Å². The predicted octanol–water partition coefficient (Wildman–Crippen LogP) is 2.10. The van der Waals surface area contributed by atoms with Crippen molar-refractivity contribution in [1.29, 1.82) is 0 Å². The van der Waals surface area contributed by atoms with E-state index in [0.29, 0.717) is 13.1 Å². The van der Waals surface area contributed by atoms with Crippen LogP contribution in [0.5, 0.6) is 0 Å². The number of guanidine groups is 1. The Morgan fingerprint density at radius 2 is 1.95 bits per heavy atom. The van der Waals surface area contributed by atoms with Crippen LogP contribution in [0.1, 0.15) is 18.5 Å². The minimum Gasteiger partial charge on any atom is -0.357 e. The molecule has 0 amide bonds. The molecule has 116 valence electrons. The monoisotopic (exact) mass is 400 g/mol. The standard InChI is InChI=1S/C16H24N4.HI/c1-5-12-18-16(17-6-2)19-13-15(20(3)4)14-10-8-7-9-11-14;/h1,7-11,15H,6,12-13H2,2-4H3,(H2,17,18,19);1H. The summed E-state index contributed by atoms with van der Waals surface area (Å²) < 4.78 is 0. The highest BCUT2D eigenvalue weighted by Crippen LogP contribution is 2.17. The summed E-state index contributed by atoms with van der Waals surface area (Å²) in [6, 6.07) is 10.6. The van der Waals surface area contributed by atoms with E-state index in [1.807, 2.05) is 13.0 Å². The fourth-order valence-corrected chi connectivity index (χ4v) is 1.90. The van der Waals surface area contributed by atoms with Crippen molar-refractivity contribution in [1.82, 2.24) is 15.5 Å². The number of nitrogens with zero attached hydrogens (tertiary/aromatic N) is 2. The van der Waals surface area contributed by atoms with Gasteiger partial charge in [0, 0.05) is 6.54 Å². The largest absolute Gasteiger partial charge is 0.357 e. The molecule has 21 heavy (non-hydrogen) atoms. The molecule has 0 heterocycles. The Balaban J connectivity index is 0.00000400. The summed E-state index contributed by atoms with van der Waals surface area (Å²) in [6.07, 6.45) is 5.26. The summed E-state index contributed by atoms with van der Waals surface area (Å²) in [5.74, 6) is 3.31.